The van der Waals surface area contributed by atoms with Gasteiger partial charge in [0.25, 0.3) is 0 Å². The van der Waals surface area contributed by atoms with Crippen molar-refractivity contribution < 1.29 is 9.52 Å². The van der Waals surface area contributed by atoms with E-state index in [0.29, 0.717) is 12.0 Å². The molecule has 0 radical (unpaired) electrons. The average molecular weight is 218 g/mol. The van der Waals surface area contributed by atoms with Gasteiger partial charge in [-0.2, -0.15) is 0 Å². The number of hydrogen-bond donors (Lipinski definition) is 1. The molecule has 84 valence electrons. The second kappa shape index (κ2) is 4.00. The molecule has 3 nitrogen and oxygen atoms in total. The fourth-order valence-corrected chi connectivity index (χ4v) is 1.94. The standard InChI is InChI=1S/C13H14O3/c1-3-5-10-8(2)9-6-4-7-11(14)12(9)16-13(10)15/h4,6-7,14H,3,5H2,1-2H3. The Morgan fingerprint density at radius 3 is 2.81 bits per heavy atom. The summed E-state index contributed by atoms with van der Waals surface area (Å²) in [6.45, 7) is 3.91. The minimum Gasteiger partial charge on any atom is -0.504 e. The van der Waals surface area contributed by atoms with E-state index < -0.39 is 0 Å². The predicted molar refractivity (Wildman–Crippen MR) is 62.9 cm³/mol. The molecule has 1 aromatic carbocycles. The second-order valence-corrected chi connectivity index (χ2v) is 3.90. The molecule has 1 heterocycles. The number of rotatable bonds is 2. The number of phenols is 1. The summed E-state index contributed by atoms with van der Waals surface area (Å²) in [7, 11) is 0. The van der Waals surface area contributed by atoms with Gasteiger partial charge in [-0.15, -0.1) is 0 Å². The lowest BCUT2D eigenvalue weighted by Crippen LogP contribution is -2.09. The van der Waals surface area contributed by atoms with E-state index in [1.165, 1.54) is 6.07 Å². The molecule has 0 unspecified atom stereocenters. The van der Waals surface area contributed by atoms with Crippen LogP contribution in [0, 0.1) is 6.92 Å². The third-order valence-electron chi connectivity index (χ3n) is 2.79. The van der Waals surface area contributed by atoms with Crippen molar-refractivity contribution >= 4 is 11.0 Å². The third kappa shape index (κ3) is 1.58. The minimum absolute atomic E-state index is 0.0146. The van der Waals surface area contributed by atoms with Gasteiger partial charge < -0.3 is 9.52 Å². The van der Waals surface area contributed by atoms with E-state index in [2.05, 4.69) is 0 Å². The number of hydrogen-bond acceptors (Lipinski definition) is 3. The van der Waals surface area contributed by atoms with Gasteiger partial charge in [-0.3, -0.25) is 0 Å². The van der Waals surface area contributed by atoms with E-state index in [4.69, 9.17) is 4.42 Å². The first kappa shape index (κ1) is 10.7. The van der Waals surface area contributed by atoms with E-state index in [-0.39, 0.29) is 17.0 Å². The number of aryl methyl sites for hydroxylation is 1. The van der Waals surface area contributed by atoms with Gasteiger partial charge in [0.2, 0.25) is 0 Å². The van der Waals surface area contributed by atoms with Gasteiger partial charge in [0.1, 0.15) is 0 Å². The lowest BCUT2D eigenvalue weighted by molar-refractivity contribution is 0.455. The van der Waals surface area contributed by atoms with Crippen molar-refractivity contribution in [1.29, 1.82) is 0 Å². The molecule has 2 rings (SSSR count). The quantitative estimate of drug-likeness (QED) is 0.788. The Hall–Kier alpha value is -1.77. The van der Waals surface area contributed by atoms with E-state index >= 15 is 0 Å². The van der Waals surface area contributed by atoms with Crippen molar-refractivity contribution in [3.05, 3.63) is 39.7 Å². The summed E-state index contributed by atoms with van der Waals surface area (Å²) in [6.07, 6.45) is 1.61. The molecule has 0 fully saturated rings. The summed E-state index contributed by atoms with van der Waals surface area (Å²) in [4.78, 5) is 11.7. The van der Waals surface area contributed by atoms with Gasteiger partial charge in [0, 0.05) is 10.9 Å². The zero-order valence-corrected chi connectivity index (χ0v) is 9.41. The fourth-order valence-electron chi connectivity index (χ4n) is 1.94. The summed E-state index contributed by atoms with van der Waals surface area (Å²) in [5, 5.41) is 10.4. The van der Waals surface area contributed by atoms with Gasteiger partial charge in [0.15, 0.2) is 11.3 Å². The number of phenolic OH excluding ortho intramolecular Hbond substituents is 1. The number of benzene rings is 1. The molecule has 0 saturated heterocycles. The van der Waals surface area contributed by atoms with Crippen LogP contribution in [-0.4, -0.2) is 5.11 Å². The maximum Gasteiger partial charge on any atom is 0.339 e. The second-order valence-electron chi connectivity index (χ2n) is 3.90. The van der Waals surface area contributed by atoms with Crippen LogP contribution >= 0.6 is 0 Å². The highest BCUT2D eigenvalue weighted by Crippen LogP contribution is 2.26. The molecule has 0 atom stereocenters. The van der Waals surface area contributed by atoms with Crippen LogP contribution in [-0.2, 0) is 6.42 Å². The van der Waals surface area contributed by atoms with Crippen LogP contribution in [0.2, 0.25) is 0 Å². The molecule has 16 heavy (non-hydrogen) atoms. The van der Waals surface area contributed by atoms with Crippen LogP contribution in [0.15, 0.2) is 27.4 Å². The van der Waals surface area contributed by atoms with Gasteiger partial charge in [-0.05, 0) is 25.0 Å². The normalized spacial score (nSPS) is 10.9. The summed E-state index contributed by atoms with van der Waals surface area (Å²) in [6, 6.07) is 5.12. The van der Waals surface area contributed by atoms with Gasteiger partial charge in [-0.1, -0.05) is 25.5 Å². The van der Waals surface area contributed by atoms with Gasteiger partial charge >= 0.3 is 5.63 Å². The molecule has 0 amide bonds. The van der Waals surface area contributed by atoms with Crippen molar-refractivity contribution in [2.75, 3.05) is 0 Å². The van der Waals surface area contributed by atoms with Crippen molar-refractivity contribution in [1.82, 2.24) is 0 Å². The maximum atomic E-state index is 11.7. The van der Waals surface area contributed by atoms with E-state index in [9.17, 15) is 9.90 Å². The lowest BCUT2D eigenvalue weighted by Gasteiger charge is -2.07. The topological polar surface area (TPSA) is 50.4 Å². The van der Waals surface area contributed by atoms with Gasteiger partial charge in [0.05, 0.1) is 0 Å². The molecule has 0 spiro atoms. The van der Waals surface area contributed by atoms with Crippen LogP contribution in [0.25, 0.3) is 11.0 Å². The summed E-state index contributed by atoms with van der Waals surface area (Å²) in [5.74, 6) is 0.0146. The zero-order chi connectivity index (χ0) is 11.7. The summed E-state index contributed by atoms with van der Waals surface area (Å²) < 4.78 is 5.15. The Kier molecular flexibility index (Phi) is 2.69. The first-order chi connectivity index (χ1) is 7.65. The molecule has 0 aliphatic rings. The summed E-state index contributed by atoms with van der Waals surface area (Å²) >= 11 is 0. The predicted octanol–water partition coefficient (Wildman–Crippen LogP) is 2.76. The molecule has 1 N–H and O–H groups in total. The van der Waals surface area contributed by atoms with E-state index in [0.717, 1.165) is 17.4 Å². The van der Waals surface area contributed by atoms with Crippen LogP contribution in [0.3, 0.4) is 0 Å². The molecular formula is C13H14O3. The SMILES string of the molecule is CCCc1c(C)c2cccc(O)c2oc1=O. The minimum atomic E-state index is -0.339. The van der Waals surface area contributed by atoms with E-state index in [1.807, 2.05) is 19.9 Å². The zero-order valence-electron chi connectivity index (χ0n) is 9.41. The van der Waals surface area contributed by atoms with Crippen LogP contribution < -0.4 is 5.63 Å². The third-order valence-corrected chi connectivity index (χ3v) is 2.79. The van der Waals surface area contributed by atoms with Crippen molar-refractivity contribution in [3.63, 3.8) is 0 Å². The number of fused-ring (bicyclic) bond motifs is 1. The first-order valence-electron chi connectivity index (χ1n) is 5.39. The summed E-state index contributed by atoms with van der Waals surface area (Å²) in [5.41, 5.74) is 1.56. The average Bonchev–Trinajstić information content (AvgIpc) is 2.26. The smallest absolute Gasteiger partial charge is 0.339 e. The first-order valence-corrected chi connectivity index (χ1v) is 5.39. The van der Waals surface area contributed by atoms with Crippen molar-refractivity contribution in [3.8, 4) is 5.75 Å². The fraction of sp³-hybridized carbons (Fsp3) is 0.308. The largest absolute Gasteiger partial charge is 0.504 e. The van der Waals surface area contributed by atoms with Crippen LogP contribution in [0.4, 0.5) is 0 Å². The maximum absolute atomic E-state index is 11.7. The highest BCUT2D eigenvalue weighted by Gasteiger charge is 2.12. The molecule has 1 aromatic heterocycles. The van der Waals surface area contributed by atoms with Crippen molar-refractivity contribution in [2.24, 2.45) is 0 Å². The monoisotopic (exact) mass is 218 g/mol. The Balaban J connectivity index is 2.84. The molecule has 0 bridgehead atoms. The van der Waals surface area contributed by atoms with Crippen LogP contribution in [0.5, 0.6) is 5.75 Å². The Morgan fingerprint density at radius 1 is 1.38 bits per heavy atom. The number of para-hydroxylation sites is 1. The van der Waals surface area contributed by atoms with Gasteiger partial charge in [-0.25, -0.2) is 4.79 Å². The number of aromatic hydroxyl groups is 1. The van der Waals surface area contributed by atoms with Crippen molar-refractivity contribution in [2.45, 2.75) is 26.7 Å². The molecular weight excluding hydrogens is 204 g/mol. The van der Waals surface area contributed by atoms with Crippen LogP contribution in [0.1, 0.15) is 24.5 Å². The Labute approximate surface area is 93.3 Å². The van der Waals surface area contributed by atoms with E-state index in [1.54, 1.807) is 6.07 Å². The highest BCUT2D eigenvalue weighted by molar-refractivity contribution is 5.85. The molecule has 2 aromatic rings. The molecule has 0 saturated carbocycles. The molecule has 0 aliphatic heterocycles. The molecule has 0 aliphatic carbocycles. The lowest BCUT2D eigenvalue weighted by atomic mass is 10.0. The Bertz CT molecular complexity index is 581. The Morgan fingerprint density at radius 2 is 2.12 bits per heavy atom. The molecule has 3 heteroatoms. The highest BCUT2D eigenvalue weighted by atomic mass is 16.4.